The predicted molar refractivity (Wildman–Crippen MR) is 83.8 cm³/mol. The smallest absolute Gasteiger partial charge is 0.339 e. The first-order chi connectivity index (χ1) is 11.4. The lowest BCUT2D eigenvalue weighted by Gasteiger charge is -2.32. The van der Waals surface area contributed by atoms with Gasteiger partial charge in [-0.05, 0) is 32.6 Å². The summed E-state index contributed by atoms with van der Waals surface area (Å²) in [7, 11) is 0. The van der Waals surface area contributed by atoms with Gasteiger partial charge in [0, 0.05) is 16.8 Å². The lowest BCUT2D eigenvalue weighted by atomic mass is 9.85. The maximum absolute atomic E-state index is 12.8. The van der Waals surface area contributed by atoms with Crippen molar-refractivity contribution in [1.82, 2.24) is 5.32 Å². The largest absolute Gasteiger partial charge is 0.459 e. The number of hydrogen-bond donors (Lipinski definition) is 3. The zero-order chi connectivity index (χ0) is 17.1. The zero-order valence-electron chi connectivity index (χ0n) is 13.3. The van der Waals surface area contributed by atoms with Crippen LogP contribution in [0.4, 0.5) is 0 Å². The fraction of sp³-hybridized carbons (Fsp3) is 0.444. The van der Waals surface area contributed by atoms with E-state index < -0.39 is 23.1 Å². The molecule has 0 aromatic heterocycles. The Hall–Kier alpha value is -2.18. The topological polar surface area (TPSA) is 95.9 Å². The number of aliphatic hydroxyl groups is 2. The van der Waals surface area contributed by atoms with Crippen LogP contribution in [0, 0.1) is 0 Å². The molecule has 2 aliphatic carbocycles. The molecule has 2 atom stereocenters. The molecule has 1 saturated carbocycles. The van der Waals surface area contributed by atoms with E-state index in [1.807, 2.05) is 0 Å². The molecular formula is C18H19NO5. The number of carbonyl (C=O) groups excluding carboxylic acids is 2. The summed E-state index contributed by atoms with van der Waals surface area (Å²) in [6, 6.07) is 6.42. The molecule has 126 valence electrons. The highest BCUT2D eigenvalue weighted by Gasteiger charge is 2.70. The third-order valence-electron chi connectivity index (χ3n) is 5.30. The van der Waals surface area contributed by atoms with Gasteiger partial charge in [-0.15, -0.1) is 0 Å². The number of ketones is 1. The molecule has 1 heterocycles. The van der Waals surface area contributed by atoms with Gasteiger partial charge in [0.1, 0.15) is 11.7 Å². The molecule has 1 aliphatic heterocycles. The molecule has 0 bridgehead atoms. The van der Waals surface area contributed by atoms with E-state index in [2.05, 4.69) is 5.32 Å². The van der Waals surface area contributed by atoms with Crippen LogP contribution < -0.4 is 5.32 Å². The summed E-state index contributed by atoms with van der Waals surface area (Å²) < 4.78 is 5.47. The highest BCUT2D eigenvalue weighted by Crippen LogP contribution is 2.51. The summed E-state index contributed by atoms with van der Waals surface area (Å²) in [5.41, 5.74) is -3.89. The van der Waals surface area contributed by atoms with Gasteiger partial charge in [0.05, 0.1) is 0 Å². The maximum Gasteiger partial charge on any atom is 0.339 e. The third kappa shape index (κ3) is 1.72. The molecule has 0 saturated heterocycles. The molecule has 4 rings (SSSR count). The van der Waals surface area contributed by atoms with Crippen molar-refractivity contribution in [1.29, 1.82) is 0 Å². The van der Waals surface area contributed by atoms with Crippen molar-refractivity contribution in [2.45, 2.75) is 50.0 Å². The standard InChI is InChI=1S/C18H19NO5/c1-10-14(16(21)24-11-6-2-3-7-11)17(22)15(20)12-8-4-5-9-13(12)18(17,23)19-10/h4-5,8-9,11,19,22-23H,2-3,6-7H2,1H3. The fourth-order valence-electron chi connectivity index (χ4n) is 4.13. The molecule has 1 aromatic rings. The van der Waals surface area contributed by atoms with Crippen molar-refractivity contribution in [2.24, 2.45) is 0 Å². The average Bonchev–Trinajstić information content (AvgIpc) is 3.16. The first kappa shape index (κ1) is 15.4. The monoisotopic (exact) mass is 329 g/mol. The van der Waals surface area contributed by atoms with Crippen LogP contribution in [-0.2, 0) is 15.3 Å². The van der Waals surface area contributed by atoms with Crippen LogP contribution in [0.2, 0.25) is 0 Å². The maximum atomic E-state index is 12.8. The van der Waals surface area contributed by atoms with Crippen molar-refractivity contribution < 1.29 is 24.5 Å². The van der Waals surface area contributed by atoms with Crippen LogP contribution in [0.15, 0.2) is 35.5 Å². The molecule has 0 amide bonds. The number of nitrogens with one attached hydrogen (secondary N) is 1. The second-order valence-corrected chi connectivity index (χ2v) is 6.73. The minimum atomic E-state index is -2.36. The van der Waals surface area contributed by atoms with Crippen LogP contribution in [0.5, 0.6) is 0 Å². The Morgan fingerprint density at radius 3 is 2.62 bits per heavy atom. The zero-order valence-corrected chi connectivity index (χ0v) is 13.3. The van der Waals surface area contributed by atoms with Crippen LogP contribution >= 0.6 is 0 Å². The summed E-state index contributed by atoms with van der Waals surface area (Å²) in [5.74, 6) is -1.44. The number of ether oxygens (including phenoxy) is 1. The molecule has 2 unspecified atom stereocenters. The molecule has 3 N–H and O–H groups in total. The van der Waals surface area contributed by atoms with Gasteiger partial charge in [-0.25, -0.2) is 4.79 Å². The van der Waals surface area contributed by atoms with Crippen molar-refractivity contribution in [3.05, 3.63) is 46.7 Å². The lowest BCUT2D eigenvalue weighted by Crippen LogP contribution is -2.56. The van der Waals surface area contributed by atoms with E-state index in [0.29, 0.717) is 0 Å². The fourth-order valence-corrected chi connectivity index (χ4v) is 4.13. The van der Waals surface area contributed by atoms with Gasteiger partial charge in [0.2, 0.25) is 17.1 Å². The Bertz CT molecular complexity index is 779. The SMILES string of the molecule is CC1=C(C(=O)OC2CCCC2)C2(O)C(=O)c3ccccc3C2(O)N1. The van der Waals surface area contributed by atoms with Gasteiger partial charge in [0.25, 0.3) is 0 Å². The Morgan fingerprint density at radius 2 is 1.92 bits per heavy atom. The van der Waals surface area contributed by atoms with Gasteiger partial charge in [-0.1, -0.05) is 24.3 Å². The normalized spacial score (nSPS) is 31.9. The molecule has 24 heavy (non-hydrogen) atoms. The summed E-state index contributed by atoms with van der Waals surface area (Å²) >= 11 is 0. The van der Waals surface area contributed by atoms with Crippen molar-refractivity contribution in [2.75, 3.05) is 0 Å². The van der Waals surface area contributed by atoms with E-state index in [1.54, 1.807) is 25.1 Å². The number of Topliss-reactive ketones (excluding diaryl/α,β-unsaturated/α-hetero) is 1. The van der Waals surface area contributed by atoms with Crippen molar-refractivity contribution in [3.63, 3.8) is 0 Å². The highest BCUT2D eigenvalue weighted by atomic mass is 16.5. The van der Waals surface area contributed by atoms with Gasteiger partial charge in [-0.3, -0.25) is 4.79 Å². The van der Waals surface area contributed by atoms with Crippen LogP contribution in [-0.4, -0.2) is 33.7 Å². The number of fused-ring (bicyclic) bond motifs is 3. The Kier molecular flexibility index (Phi) is 3.14. The van der Waals surface area contributed by atoms with Crippen molar-refractivity contribution in [3.8, 4) is 0 Å². The predicted octanol–water partition coefficient (Wildman–Crippen LogP) is 1.12. The van der Waals surface area contributed by atoms with Crippen LogP contribution in [0.1, 0.15) is 48.5 Å². The minimum absolute atomic E-state index is 0.196. The molecule has 3 aliphatic rings. The molecule has 0 radical (unpaired) electrons. The van der Waals surface area contributed by atoms with Gasteiger partial charge < -0.3 is 20.3 Å². The first-order valence-corrected chi connectivity index (χ1v) is 8.19. The summed E-state index contributed by atoms with van der Waals surface area (Å²) in [6.45, 7) is 1.55. The molecule has 1 fully saturated rings. The molecule has 0 spiro atoms. The summed E-state index contributed by atoms with van der Waals surface area (Å²) in [6.07, 6.45) is 3.35. The highest BCUT2D eigenvalue weighted by molar-refractivity contribution is 6.16. The Labute approximate surface area is 139 Å². The van der Waals surface area contributed by atoms with Crippen LogP contribution in [0.25, 0.3) is 0 Å². The van der Waals surface area contributed by atoms with E-state index in [4.69, 9.17) is 4.74 Å². The summed E-state index contributed by atoms with van der Waals surface area (Å²) in [4.78, 5) is 25.5. The van der Waals surface area contributed by atoms with E-state index >= 15 is 0 Å². The third-order valence-corrected chi connectivity index (χ3v) is 5.30. The van der Waals surface area contributed by atoms with Crippen molar-refractivity contribution >= 4 is 11.8 Å². The number of hydrogen-bond acceptors (Lipinski definition) is 6. The second-order valence-electron chi connectivity index (χ2n) is 6.73. The van der Waals surface area contributed by atoms with E-state index in [9.17, 15) is 19.8 Å². The molecular weight excluding hydrogens is 310 g/mol. The summed E-state index contributed by atoms with van der Waals surface area (Å²) in [5, 5.41) is 24.9. The van der Waals surface area contributed by atoms with E-state index in [0.717, 1.165) is 25.7 Å². The number of esters is 1. The van der Waals surface area contributed by atoms with Crippen LogP contribution in [0.3, 0.4) is 0 Å². The number of benzene rings is 1. The van der Waals surface area contributed by atoms with E-state index in [1.165, 1.54) is 6.07 Å². The molecule has 6 heteroatoms. The van der Waals surface area contributed by atoms with Gasteiger partial charge in [-0.2, -0.15) is 0 Å². The Morgan fingerprint density at radius 1 is 1.25 bits per heavy atom. The van der Waals surface area contributed by atoms with Gasteiger partial charge >= 0.3 is 5.97 Å². The average molecular weight is 329 g/mol. The second kappa shape index (κ2) is 4.91. The first-order valence-electron chi connectivity index (χ1n) is 8.19. The molecule has 6 nitrogen and oxygen atoms in total. The number of allylic oxidation sites excluding steroid dienone is 1. The van der Waals surface area contributed by atoms with Gasteiger partial charge in [0.15, 0.2) is 0 Å². The number of carbonyl (C=O) groups is 2. The molecule has 1 aromatic carbocycles. The minimum Gasteiger partial charge on any atom is -0.459 e. The number of rotatable bonds is 2. The quantitative estimate of drug-likeness (QED) is 0.704. The van der Waals surface area contributed by atoms with E-state index in [-0.39, 0.29) is 28.5 Å². The Balaban J connectivity index is 1.76. The lowest BCUT2D eigenvalue weighted by molar-refractivity contribution is -0.151.